The number of aromatic nitrogens is 1. The topological polar surface area (TPSA) is 86.7 Å². The third kappa shape index (κ3) is 4.44. The number of para-hydroxylation sites is 1. The summed E-state index contributed by atoms with van der Waals surface area (Å²) in [6, 6.07) is 20.7. The maximum Gasteiger partial charge on any atom is 0.279 e. The molecule has 0 aliphatic heterocycles. The van der Waals surface area contributed by atoms with Gasteiger partial charge in [0.05, 0.1) is 15.1 Å². The fourth-order valence-electron chi connectivity index (χ4n) is 3.01. The van der Waals surface area contributed by atoms with Gasteiger partial charge in [0, 0.05) is 24.2 Å². The zero-order chi connectivity index (χ0) is 21.8. The van der Waals surface area contributed by atoms with Crippen molar-refractivity contribution in [3.8, 4) is 11.5 Å². The molecule has 0 unspecified atom stereocenters. The number of nitrogens with zero attached hydrogens (tertiary/aromatic N) is 3. The van der Waals surface area contributed by atoms with Crippen LogP contribution in [0.2, 0.25) is 0 Å². The summed E-state index contributed by atoms with van der Waals surface area (Å²) in [6.07, 6.45) is 1.69. The third-order valence-corrected chi connectivity index (χ3v) is 5.51. The molecule has 154 valence electrons. The minimum absolute atomic E-state index is 0.00798. The van der Waals surface area contributed by atoms with Crippen molar-refractivity contribution in [1.82, 2.24) is 4.57 Å². The lowest BCUT2D eigenvalue weighted by molar-refractivity contribution is -0.384. The first kappa shape index (κ1) is 20.2. The first-order valence-corrected chi connectivity index (χ1v) is 10.2. The molecule has 1 heterocycles. The second kappa shape index (κ2) is 8.76. The Morgan fingerprint density at radius 3 is 2.48 bits per heavy atom. The van der Waals surface area contributed by atoms with Gasteiger partial charge in [-0.1, -0.05) is 35.6 Å². The molecular weight excluding hydrogens is 414 g/mol. The maximum atomic E-state index is 12.7. The molecule has 0 aliphatic rings. The van der Waals surface area contributed by atoms with Crippen molar-refractivity contribution in [3.63, 3.8) is 0 Å². The van der Waals surface area contributed by atoms with Crippen molar-refractivity contribution in [3.05, 3.63) is 106 Å². The van der Waals surface area contributed by atoms with Gasteiger partial charge in [0.25, 0.3) is 11.6 Å². The summed E-state index contributed by atoms with van der Waals surface area (Å²) in [5.74, 6) is 0.903. The predicted octanol–water partition coefficient (Wildman–Crippen LogP) is 5.33. The number of carbonyl (C=O) groups excluding carboxylic acids is 1. The molecule has 4 rings (SSSR count). The smallest absolute Gasteiger partial charge is 0.279 e. The molecule has 0 bridgehead atoms. The molecule has 0 atom stereocenters. The second-order valence-corrected chi connectivity index (χ2v) is 7.56. The minimum Gasteiger partial charge on any atom is -0.457 e. The second-order valence-electron chi connectivity index (χ2n) is 6.55. The molecule has 4 aromatic rings. The first-order valence-electron chi connectivity index (χ1n) is 9.36. The van der Waals surface area contributed by atoms with E-state index < -0.39 is 10.8 Å². The van der Waals surface area contributed by atoms with Crippen molar-refractivity contribution >= 4 is 33.1 Å². The van der Waals surface area contributed by atoms with Gasteiger partial charge in [-0.2, -0.15) is 4.99 Å². The highest BCUT2D eigenvalue weighted by atomic mass is 32.1. The average Bonchev–Trinajstić information content (AvgIpc) is 3.11. The minimum atomic E-state index is -0.446. The number of allylic oxidation sites excluding steroid dienone is 1. The summed E-state index contributed by atoms with van der Waals surface area (Å²) in [7, 11) is 0. The first-order chi connectivity index (χ1) is 15.0. The monoisotopic (exact) mass is 431 g/mol. The highest BCUT2D eigenvalue weighted by Crippen LogP contribution is 2.24. The third-order valence-electron chi connectivity index (χ3n) is 4.47. The number of amides is 1. The molecular formula is C23H17N3O4S. The standard InChI is InChI=1S/C23H17N3O4S/c1-2-14-25-20-13-10-17(26(28)29)15-21(20)31-23(25)24-22(27)16-8-11-19(12-9-16)30-18-6-4-3-5-7-18/h2-13,15H,1,14H2. The number of nitro groups is 1. The average molecular weight is 431 g/mol. The SMILES string of the molecule is C=CCn1c(=NC(=O)c2ccc(Oc3ccccc3)cc2)sc2cc([N+](=O)[O-])ccc21. The highest BCUT2D eigenvalue weighted by molar-refractivity contribution is 7.16. The molecule has 0 aliphatic carbocycles. The quantitative estimate of drug-likeness (QED) is 0.235. The summed E-state index contributed by atoms with van der Waals surface area (Å²) in [5.41, 5.74) is 1.16. The van der Waals surface area contributed by atoms with Crippen LogP contribution in [0.15, 0.2) is 90.4 Å². The zero-order valence-electron chi connectivity index (χ0n) is 16.3. The van der Waals surface area contributed by atoms with E-state index in [0.29, 0.717) is 33.1 Å². The Kier molecular flexibility index (Phi) is 5.72. The lowest BCUT2D eigenvalue weighted by atomic mass is 10.2. The van der Waals surface area contributed by atoms with Crippen LogP contribution in [0, 0.1) is 10.1 Å². The molecule has 0 fully saturated rings. The Balaban J connectivity index is 1.65. The van der Waals surface area contributed by atoms with Crippen LogP contribution in [0.4, 0.5) is 5.69 Å². The van der Waals surface area contributed by atoms with Crippen LogP contribution < -0.4 is 9.54 Å². The van der Waals surface area contributed by atoms with Gasteiger partial charge in [0.15, 0.2) is 4.80 Å². The molecule has 1 aromatic heterocycles. The number of hydrogen-bond donors (Lipinski definition) is 0. The predicted molar refractivity (Wildman–Crippen MR) is 120 cm³/mol. The molecule has 0 N–H and O–H groups in total. The Labute approximate surface area is 181 Å². The van der Waals surface area contributed by atoms with Gasteiger partial charge >= 0.3 is 0 Å². The molecule has 0 saturated heterocycles. The lowest BCUT2D eigenvalue weighted by Gasteiger charge is -2.05. The number of hydrogen-bond acceptors (Lipinski definition) is 5. The molecule has 7 nitrogen and oxygen atoms in total. The van der Waals surface area contributed by atoms with Crippen molar-refractivity contribution < 1.29 is 14.5 Å². The Bertz CT molecular complexity index is 1340. The van der Waals surface area contributed by atoms with Crippen molar-refractivity contribution in [1.29, 1.82) is 0 Å². The van der Waals surface area contributed by atoms with Crippen LogP contribution in [0.5, 0.6) is 11.5 Å². The molecule has 8 heteroatoms. The maximum absolute atomic E-state index is 12.7. The van der Waals surface area contributed by atoms with Crippen LogP contribution in [0.25, 0.3) is 10.2 Å². The molecule has 0 spiro atoms. The number of carbonyl (C=O) groups is 1. The molecule has 1 amide bonds. The summed E-state index contributed by atoms with van der Waals surface area (Å²) in [6.45, 7) is 4.17. The van der Waals surface area contributed by atoms with Crippen LogP contribution in [-0.4, -0.2) is 15.4 Å². The van der Waals surface area contributed by atoms with Gasteiger partial charge in [0.2, 0.25) is 0 Å². The number of thiazole rings is 1. The lowest BCUT2D eigenvalue weighted by Crippen LogP contribution is -2.16. The van der Waals surface area contributed by atoms with Gasteiger partial charge in [-0.25, -0.2) is 0 Å². The van der Waals surface area contributed by atoms with Crippen LogP contribution >= 0.6 is 11.3 Å². The van der Waals surface area contributed by atoms with Crippen molar-refractivity contribution in [2.45, 2.75) is 6.54 Å². The van der Waals surface area contributed by atoms with Gasteiger partial charge in [0.1, 0.15) is 11.5 Å². The summed E-state index contributed by atoms with van der Waals surface area (Å²) < 4.78 is 8.22. The van der Waals surface area contributed by atoms with E-state index in [0.717, 1.165) is 5.52 Å². The van der Waals surface area contributed by atoms with E-state index in [4.69, 9.17) is 4.74 Å². The molecule has 3 aromatic carbocycles. The zero-order valence-corrected chi connectivity index (χ0v) is 17.1. The fraction of sp³-hybridized carbons (Fsp3) is 0.0435. The van der Waals surface area contributed by atoms with E-state index in [2.05, 4.69) is 11.6 Å². The summed E-state index contributed by atoms with van der Waals surface area (Å²) in [4.78, 5) is 28.1. The van der Waals surface area contributed by atoms with E-state index in [1.807, 2.05) is 34.9 Å². The number of benzene rings is 3. The van der Waals surface area contributed by atoms with Crippen molar-refractivity contribution in [2.24, 2.45) is 4.99 Å². The Morgan fingerprint density at radius 1 is 1.10 bits per heavy atom. The van der Waals surface area contributed by atoms with Crippen molar-refractivity contribution in [2.75, 3.05) is 0 Å². The molecule has 0 saturated carbocycles. The van der Waals surface area contributed by atoms with E-state index in [1.165, 1.54) is 23.5 Å². The normalized spacial score (nSPS) is 11.4. The number of ether oxygens (including phenoxy) is 1. The van der Waals surface area contributed by atoms with Gasteiger partial charge in [-0.3, -0.25) is 14.9 Å². The van der Waals surface area contributed by atoms with Gasteiger partial charge < -0.3 is 9.30 Å². The fourth-order valence-corrected chi connectivity index (χ4v) is 4.08. The van der Waals surface area contributed by atoms with Gasteiger partial charge in [-0.05, 0) is 42.5 Å². The van der Waals surface area contributed by atoms with E-state index >= 15 is 0 Å². The molecule has 0 radical (unpaired) electrons. The van der Waals surface area contributed by atoms with Crippen LogP contribution in [-0.2, 0) is 6.54 Å². The Hall–Kier alpha value is -4.04. The number of nitro benzene ring substituents is 1. The molecule has 31 heavy (non-hydrogen) atoms. The highest BCUT2D eigenvalue weighted by Gasteiger charge is 2.13. The van der Waals surface area contributed by atoms with Crippen LogP contribution in [0.1, 0.15) is 10.4 Å². The van der Waals surface area contributed by atoms with Crippen LogP contribution in [0.3, 0.4) is 0 Å². The number of fused-ring (bicyclic) bond motifs is 1. The van der Waals surface area contributed by atoms with E-state index in [9.17, 15) is 14.9 Å². The number of non-ortho nitro benzene ring substituents is 1. The van der Waals surface area contributed by atoms with E-state index in [1.54, 1.807) is 36.4 Å². The Morgan fingerprint density at radius 2 is 1.81 bits per heavy atom. The largest absolute Gasteiger partial charge is 0.457 e. The summed E-state index contributed by atoms with van der Waals surface area (Å²) >= 11 is 1.22. The van der Waals surface area contributed by atoms with Gasteiger partial charge in [-0.15, -0.1) is 6.58 Å². The van der Waals surface area contributed by atoms with E-state index in [-0.39, 0.29) is 5.69 Å². The number of rotatable bonds is 6. The summed E-state index contributed by atoms with van der Waals surface area (Å²) in [5, 5.41) is 11.1.